The minimum atomic E-state index is -0.982. The minimum absolute atomic E-state index is 0.0165. The Morgan fingerprint density at radius 1 is 0.982 bits per heavy atom. The van der Waals surface area contributed by atoms with E-state index in [1.165, 1.54) is 24.9 Å². The molecule has 14 nitrogen and oxygen atoms in total. The lowest BCUT2D eigenvalue weighted by atomic mass is 9.97. The Labute approximate surface area is 335 Å². The quantitative estimate of drug-likeness (QED) is 0.0579. The van der Waals surface area contributed by atoms with Gasteiger partial charge in [0.1, 0.15) is 58.2 Å². The van der Waals surface area contributed by atoms with E-state index in [-0.39, 0.29) is 36.1 Å². The summed E-state index contributed by atoms with van der Waals surface area (Å²) in [6.45, 7) is 10.3. The van der Waals surface area contributed by atoms with Crippen LogP contribution in [0.5, 0.6) is 5.75 Å². The van der Waals surface area contributed by atoms with E-state index in [2.05, 4.69) is 32.7 Å². The molecule has 0 saturated heterocycles. The van der Waals surface area contributed by atoms with Crippen molar-refractivity contribution < 1.29 is 33.0 Å². The number of hydrogen-bond donors (Lipinski definition) is 3. The molecular weight excluding hydrogens is 758 g/mol. The van der Waals surface area contributed by atoms with E-state index in [0.717, 1.165) is 5.56 Å². The molecule has 293 valence electrons. The number of halogens is 1. The molecule has 0 aliphatic rings. The van der Waals surface area contributed by atoms with Crippen LogP contribution in [0.3, 0.4) is 0 Å². The lowest BCUT2D eigenvalue weighted by molar-refractivity contribution is -0.147. The van der Waals surface area contributed by atoms with Gasteiger partial charge in [0.2, 0.25) is 11.8 Å². The number of aromatic nitrogens is 2. The summed E-state index contributed by atoms with van der Waals surface area (Å²) in [5.74, 6) is -0.225. The largest absolute Gasteiger partial charge is 0.493 e. The number of nitrogens with one attached hydrogen (secondary N) is 2. The average Bonchev–Trinajstić information content (AvgIpc) is 3.64. The Morgan fingerprint density at radius 3 is 2.27 bits per heavy atom. The fraction of sp³-hybridized carbons (Fsp3) is 0.350. The number of alkyl carbamates (subject to hydrolysis) is 1. The summed E-state index contributed by atoms with van der Waals surface area (Å²) < 4.78 is 22.0. The molecule has 4 aromatic rings. The molecule has 2 aromatic heterocycles. The van der Waals surface area contributed by atoms with E-state index in [9.17, 15) is 24.9 Å². The number of carbonyl (C=O) groups is 3. The van der Waals surface area contributed by atoms with Crippen LogP contribution >= 0.6 is 23.4 Å². The van der Waals surface area contributed by atoms with Crippen molar-refractivity contribution in [2.24, 2.45) is 5.92 Å². The van der Waals surface area contributed by atoms with Crippen LogP contribution in [0.4, 0.5) is 10.6 Å². The van der Waals surface area contributed by atoms with Crippen molar-refractivity contribution in [3.05, 3.63) is 83.1 Å². The Bertz CT molecular complexity index is 2090. The van der Waals surface area contributed by atoms with Crippen molar-refractivity contribution in [3.8, 4) is 40.5 Å². The first-order valence-electron chi connectivity index (χ1n) is 17.6. The maximum absolute atomic E-state index is 13.0. The predicted octanol–water partition coefficient (Wildman–Crippen LogP) is 7.25. The molecule has 2 aromatic carbocycles. The van der Waals surface area contributed by atoms with E-state index >= 15 is 0 Å². The highest BCUT2D eigenvalue weighted by Gasteiger charge is 2.30. The highest BCUT2D eigenvalue weighted by molar-refractivity contribution is 7.98. The van der Waals surface area contributed by atoms with E-state index in [4.69, 9.17) is 36.0 Å². The van der Waals surface area contributed by atoms with Crippen molar-refractivity contribution in [2.45, 2.75) is 76.4 Å². The molecule has 0 aliphatic carbocycles. The first kappa shape index (κ1) is 43.0. The van der Waals surface area contributed by atoms with Gasteiger partial charge < -0.3 is 35.0 Å². The Kier molecular flexibility index (Phi) is 15.1. The fourth-order valence-electron chi connectivity index (χ4n) is 5.12. The van der Waals surface area contributed by atoms with Crippen LogP contribution in [0.2, 0.25) is 5.02 Å². The molecule has 0 bridgehead atoms. The molecule has 16 heteroatoms. The number of esters is 1. The van der Waals surface area contributed by atoms with Crippen molar-refractivity contribution in [1.29, 1.82) is 10.5 Å². The number of thioether (sulfide) groups is 1. The number of nitrogens with two attached hydrogens (primary N) is 1. The molecule has 2 heterocycles. The van der Waals surface area contributed by atoms with Crippen molar-refractivity contribution in [3.63, 3.8) is 0 Å². The van der Waals surface area contributed by atoms with Crippen molar-refractivity contribution in [2.75, 3.05) is 18.9 Å². The number of nitrogens with zero attached hydrogens (tertiary/aromatic N) is 4. The van der Waals surface area contributed by atoms with Crippen LogP contribution in [0.15, 0.2) is 64.2 Å². The predicted molar refractivity (Wildman–Crippen MR) is 211 cm³/mol. The Hall–Kier alpha value is -5.77. The number of amides is 2. The van der Waals surface area contributed by atoms with Gasteiger partial charge in [-0.25, -0.2) is 19.6 Å². The van der Waals surface area contributed by atoms with Gasteiger partial charge in [-0.05, 0) is 75.6 Å². The standard InChI is InChI=1S/C40H43ClN7O7S/c1-7-23(2)33(47-39(51)55-40(4,5)6)35(49)45-24(3)38(50)53-18-8-17-52-29-15-11-25(12-16-29)32-30(19-42)34(44)48-37(31(32)20-43)56-22-28-21-54-36(46-28)26-9-13-27(41)14-10-26/h8-16,21,23-24,33H,7,17-18,22H2,1-6H3,(H2,44,48)(H,45,49)(H,47,51)/t23-,24-,33-/m0/s1. The number of pyridine rings is 1. The van der Waals surface area contributed by atoms with Gasteiger partial charge in [-0.15, -0.1) is 0 Å². The van der Waals surface area contributed by atoms with Crippen LogP contribution in [0.1, 0.15) is 64.8 Å². The number of rotatable bonds is 16. The number of benzene rings is 2. The smallest absolute Gasteiger partial charge is 0.408 e. The summed E-state index contributed by atoms with van der Waals surface area (Å²) >= 11 is 7.22. The van der Waals surface area contributed by atoms with E-state index in [0.29, 0.717) is 50.7 Å². The summed E-state index contributed by atoms with van der Waals surface area (Å²) in [5.41, 5.74) is 7.99. The number of hydrogen-bond acceptors (Lipinski definition) is 13. The maximum atomic E-state index is 13.0. The minimum Gasteiger partial charge on any atom is -0.493 e. The lowest BCUT2D eigenvalue weighted by Gasteiger charge is -2.27. The summed E-state index contributed by atoms with van der Waals surface area (Å²) in [5, 5.41) is 26.3. The Morgan fingerprint density at radius 2 is 1.64 bits per heavy atom. The zero-order valence-corrected chi connectivity index (χ0v) is 33.4. The molecule has 3 atom stereocenters. The van der Waals surface area contributed by atoms with Gasteiger partial charge in [0, 0.05) is 28.3 Å². The second-order valence-corrected chi connectivity index (χ2v) is 15.0. The topological polar surface area (TPSA) is 215 Å². The molecule has 0 fully saturated rings. The Balaban J connectivity index is 1.31. The molecule has 1 radical (unpaired) electrons. The van der Waals surface area contributed by atoms with E-state index in [1.807, 2.05) is 13.8 Å². The number of anilines is 1. The van der Waals surface area contributed by atoms with Crippen molar-refractivity contribution >= 4 is 47.2 Å². The van der Waals surface area contributed by atoms with Crippen LogP contribution in [-0.4, -0.2) is 58.8 Å². The van der Waals surface area contributed by atoms with Gasteiger partial charge in [-0.3, -0.25) is 4.79 Å². The van der Waals surface area contributed by atoms with Gasteiger partial charge in [-0.2, -0.15) is 10.5 Å². The molecular formula is C40H43ClN7O7S. The van der Waals surface area contributed by atoms with Crippen LogP contribution in [0.25, 0.3) is 22.6 Å². The SMILES string of the molecule is CC[C@H](C)[C@H](NC(=O)OC(C)(C)C)C(=O)N[C@@H](C)C(=O)OC[CH]COc1ccc(-c2c(C#N)c(N)nc(SCc3coc(-c4ccc(Cl)cc4)n3)c2C#N)cc1. The second-order valence-electron chi connectivity index (χ2n) is 13.6. The molecule has 0 spiro atoms. The highest BCUT2D eigenvalue weighted by Crippen LogP contribution is 2.37. The molecule has 56 heavy (non-hydrogen) atoms. The number of nitriles is 2. The normalized spacial score (nSPS) is 12.7. The lowest BCUT2D eigenvalue weighted by Crippen LogP contribution is -2.54. The zero-order chi connectivity index (χ0) is 41.0. The van der Waals surface area contributed by atoms with E-state index < -0.39 is 35.7 Å². The first-order chi connectivity index (χ1) is 26.6. The molecule has 0 unspecified atom stereocenters. The van der Waals surface area contributed by atoms with Gasteiger partial charge in [0.15, 0.2) is 0 Å². The van der Waals surface area contributed by atoms with Gasteiger partial charge in [0.25, 0.3) is 0 Å². The number of ether oxygens (including phenoxy) is 3. The van der Waals surface area contributed by atoms with Crippen LogP contribution in [-0.2, 0) is 24.8 Å². The first-order valence-corrected chi connectivity index (χ1v) is 19.0. The van der Waals surface area contributed by atoms with Gasteiger partial charge in [0.05, 0.1) is 24.5 Å². The molecule has 0 aliphatic heterocycles. The third-order valence-electron chi connectivity index (χ3n) is 8.15. The van der Waals surface area contributed by atoms with Gasteiger partial charge >= 0.3 is 12.1 Å². The second kappa shape index (κ2) is 19.7. The summed E-state index contributed by atoms with van der Waals surface area (Å²) in [6, 6.07) is 16.2. The third-order valence-corrected chi connectivity index (χ3v) is 9.41. The van der Waals surface area contributed by atoms with Crippen LogP contribution in [0, 0.1) is 35.0 Å². The number of oxazole rings is 1. The average molecular weight is 801 g/mol. The monoisotopic (exact) mass is 800 g/mol. The fourth-order valence-corrected chi connectivity index (χ4v) is 6.12. The van der Waals surface area contributed by atoms with Crippen LogP contribution < -0.4 is 21.1 Å². The summed E-state index contributed by atoms with van der Waals surface area (Å²) in [4.78, 5) is 46.8. The van der Waals surface area contributed by atoms with Gasteiger partial charge in [-0.1, -0.05) is 55.8 Å². The highest BCUT2D eigenvalue weighted by atomic mass is 35.5. The maximum Gasteiger partial charge on any atom is 0.408 e. The van der Waals surface area contributed by atoms with E-state index in [1.54, 1.807) is 75.7 Å². The van der Waals surface area contributed by atoms with Crippen molar-refractivity contribution in [1.82, 2.24) is 20.6 Å². The molecule has 4 rings (SSSR count). The third kappa shape index (κ3) is 11.9. The number of carbonyl (C=O) groups excluding carboxylic acids is 3. The number of nitrogen functional groups attached to an aromatic ring is 1. The molecule has 0 saturated carbocycles. The molecule has 2 amide bonds. The summed E-state index contributed by atoms with van der Waals surface area (Å²) in [7, 11) is 0. The molecule has 4 N–H and O–H groups in total. The zero-order valence-electron chi connectivity index (χ0n) is 31.8. The summed E-state index contributed by atoms with van der Waals surface area (Å²) in [6.07, 6.45) is 2.99.